The minimum Gasteiger partial charge on any atom is -0.444 e. The summed E-state index contributed by atoms with van der Waals surface area (Å²) in [5, 5.41) is 14.6. The number of rotatable bonds is 11. The van der Waals surface area contributed by atoms with Gasteiger partial charge < -0.3 is 51.6 Å². The van der Waals surface area contributed by atoms with E-state index in [0.29, 0.717) is 71.2 Å². The van der Waals surface area contributed by atoms with Crippen molar-refractivity contribution in [1.82, 2.24) is 45.8 Å². The largest absolute Gasteiger partial charge is 0.444 e. The molecule has 6 fully saturated rings. The molecule has 6 heterocycles. The Morgan fingerprint density at radius 3 is 1.42 bits per heavy atom. The Balaban J connectivity index is 0.000000192. The predicted octanol–water partition coefficient (Wildman–Crippen LogP) is 8.90. The molecule has 0 unspecified atom stereocenters. The number of nitrogens with two attached hydrogens (primary N) is 1. The second-order valence-corrected chi connectivity index (χ2v) is 36.7. The average molecular weight is 1560 g/mol. The van der Waals surface area contributed by atoms with Gasteiger partial charge in [0.15, 0.2) is 0 Å². The third kappa shape index (κ3) is 19.6. The highest BCUT2D eigenvalue weighted by Gasteiger charge is 2.64. The number of carbonyl (C=O) groups is 10. The Morgan fingerprint density at radius 1 is 0.573 bits per heavy atom. The van der Waals surface area contributed by atoms with Gasteiger partial charge in [0.05, 0.1) is 20.5 Å². The molecule has 560 valence electrons. The fourth-order valence-corrected chi connectivity index (χ4v) is 18.9. The van der Waals surface area contributed by atoms with Gasteiger partial charge in [-0.3, -0.25) is 47.8 Å². The number of nitrogens with one attached hydrogen (secondary N) is 7. The number of nitrogens with zero attached hydrogens (tertiary/aromatic N) is 2. The van der Waals surface area contributed by atoms with Crippen LogP contribution in [-0.2, 0) is 58.3 Å². The lowest BCUT2D eigenvalue weighted by Crippen LogP contribution is -2.58. The number of fused-ring (bicyclic) bond motifs is 6. The number of thiophene rings is 2. The summed E-state index contributed by atoms with van der Waals surface area (Å²) in [5.74, 6) is -5.05. The minimum atomic E-state index is -3.90. The molecule has 10 atom stereocenters. The topological polar surface area (TPSA) is 374 Å². The van der Waals surface area contributed by atoms with Crippen molar-refractivity contribution in [3.63, 3.8) is 0 Å². The van der Waals surface area contributed by atoms with Crippen LogP contribution in [0.15, 0.2) is 72.8 Å². The number of benzene rings is 2. The van der Waals surface area contributed by atoms with Crippen LogP contribution in [0.4, 0.5) is 9.59 Å². The molecule has 4 saturated carbocycles. The third-order valence-electron chi connectivity index (χ3n) is 19.0. The molecular weight excluding hydrogens is 1470 g/mol. The molecular formula is C70H89Cl3N10O16S4. The Bertz CT molecular complexity index is 4260. The van der Waals surface area contributed by atoms with E-state index in [1.165, 1.54) is 32.5 Å². The standard InChI is InChI=1S/C35H44ClN5O8S2.C26H41N5O7S.C9H4Cl2OS/c1-34(2,3)49-33(46)38-24-13-8-6-4-5-7-11-20-18-35(20,32(45)40-51(47,48)22-15-16-22)39-29(42)25-17-21(19-41(25)31(24)44)37-30(43)28-27(36)23-12-9-10-14-26(23)50-28;1-25(2,3)38-24(35)28-19-10-8-6-4-5-7-9-16-14-26(16,23(34)30-39(36,37)18-11-12-18)29-21(32)20-13-17(27)15-31(20)22(19)33;10-7-5-3-1-2-4-6(5)13-8(7)9(11)12/h7,9-12,14,20-22,24-25H,4-6,8,13,15-19H2,1-3H3,(H,37,43)(H,38,46)(H,39,42)(H,40,45);7,9,16-20H,4-6,8,10-15,27H2,1-3H3,(H,28,35)(H,29,32)(H,30,34);1-4H/b11-7-;9-7-;/t20-,21-,24+,25+,35-;16-,17-,19+,20+,26-;/m11./s1. The van der Waals surface area contributed by atoms with E-state index in [2.05, 4.69) is 36.0 Å². The quantitative estimate of drug-likeness (QED) is 0.0513. The number of hydrogen-bond donors (Lipinski definition) is 8. The molecule has 12 rings (SSSR count). The van der Waals surface area contributed by atoms with E-state index < -0.39 is 154 Å². The summed E-state index contributed by atoms with van der Waals surface area (Å²) in [4.78, 5) is 136. The van der Waals surface area contributed by atoms with Crippen molar-refractivity contribution in [2.24, 2.45) is 17.6 Å². The number of sulfonamides is 2. The second-order valence-electron chi connectivity index (χ2n) is 29.6. The van der Waals surface area contributed by atoms with Crippen LogP contribution in [0.1, 0.15) is 176 Å². The van der Waals surface area contributed by atoms with Crippen molar-refractivity contribution in [3.8, 4) is 0 Å². The molecule has 4 aliphatic carbocycles. The van der Waals surface area contributed by atoms with Gasteiger partial charge in [-0.1, -0.05) is 110 Å². The number of hydrogen-bond acceptors (Lipinski definition) is 19. The first kappa shape index (κ1) is 78.7. The van der Waals surface area contributed by atoms with Crippen LogP contribution in [0.5, 0.6) is 0 Å². The van der Waals surface area contributed by atoms with E-state index in [1.807, 2.05) is 72.8 Å². The lowest BCUT2D eigenvalue weighted by Gasteiger charge is -2.30. The van der Waals surface area contributed by atoms with Crippen molar-refractivity contribution in [2.45, 2.75) is 226 Å². The smallest absolute Gasteiger partial charge is 0.408 e. The average Bonchev–Trinajstić information content (AvgIpc) is 1.58. The van der Waals surface area contributed by atoms with Crippen LogP contribution in [0.3, 0.4) is 0 Å². The predicted molar refractivity (Wildman–Crippen MR) is 392 cm³/mol. The van der Waals surface area contributed by atoms with Crippen molar-refractivity contribution in [2.75, 3.05) is 13.1 Å². The van der Waals surface area contributed by atoms with Gasteiger partial charge >= 0.3 is 12.2 Å². The van der Waals surface area contributed by atoms with Gasteiger partial charge in [0.1, 0.15) is 56.2 Å². The highest BCUT2D eigenvalue weighted by Crippen LogP contribution is 2.48. The van der Waals surface area contributed by atoms with Gasteiger partial charge in [-0.2, -0.15) is 0 Å². The van der Waals surface area contributed by atoms with Crippen molar-refractivity contribution in [3.05, 3.63) is 92.6 Å². The van der Waals surface area contributed by atoms with Crippen LogP contribution in [0.2, 0.25) is 10.0 Å². The number of carbonyl (C=O) groups excluding carboxylic acids is 10. The van der Waals surface area contributed by atoms with Gasteiger partial charge in [0, 0.05) is 57.2 Å². The van der Waals surface area contributed by atoms with E-state index in [1.54, 1.807) is 41.5 Å². The normalized spacial score (nSPS) is 27.7. The van der Waals surface area contributed by atoms with E-state index in [0.717, 1.165) is 52.3 Å². The first-order chi connectivity index (χ1) is 48.5. The molecule has 8 aliphatic rings. The Morgan fingerprint density at radius 2 is 0.990 bits per heavy atom. The highest BCUT2D eigenvalue weighted by atomic mass is 35.5. The van der Waals surface area contributed by atoms with E-state index in [4.69, 9.17) is 50.0 Å². The molecule has 2 saturated heterocycles. The maximum absolute atomic E-state index is 14.3. The molecule has 2 aromatic heterocycles. The van der Waals surface area contributed by atoms with E-state index in [-0.39, 0.29) is 51.1 Å². The lowest BCUT2D eigenvalue weighted by molar-refractivity contribution is -0.141. The molecule has 0 bridgehead atoms. The number of ether oxygens (including phenoxy) is 2. The summed E-state index contributed by atoms with van der Waals surface area (Å²) in [6.07, 6.45) is 15.1. The zero-order valence-corrected chi connectivity index (χ0v) is 63.6. The van der Waals surface area contributed by atoms with Crippen LogP contribution in [-0.4, -0.2) is 168 Å². The molecule has 2 aromatic carbocycles. The SMILES string of the molecule is CC(C)(C)OC(=O)N[C@H]1CCCCC/C=C\[C@@H]2C[C@@]2(C(=O)NS(=O)(=O)C2CC2)NC(=O)[C@@H]2C[C@@H](N)CN2C1=O.CC(C)(C)OC(=O)N[C@H]1CCCCC/C=C\[C@@H]2C[C@@]2(C(=O)NS(=O)(=O)C2CC2)NC(=O)[C@@H]2C[C@@H](NC(=O)c3sc4ccccc4c3Cl)CN2C1=O.O=C(Cl)c1sc2ccccc2c1Cl. The minimum absolute atomic E-state index is 0.00353. The number of allylic oxidation sites excluding steroid dienone is 2. The van der Waals surface area contributed by atoms with Gasteiger partial charge in [-0.05, 0) is 155 Å². The maximum atomic E-state index is 14.3. The molecule has 4 aliphatic heterocycles. The summed E-state index contributed by atoms with van der Waals surface area (Å²) in [6, 6.07) is 9.71. The zero-order chi connectivity index (χ0) is 74.7. The summed E-state index contributed by atoms with van der Waals surface area (Å²) in [6.45, 7) is 10.4. The first-order valence-electron chi connectivity index (χ1n) is 34.8. The lowest BCUT2D eigenvalue weighted by atomic mass is 10.0. The maximum Gasteiger partial charge on any atom is 0.408 e. The number of halogens is 3. The molecule has 26 nitrogen and oxygen atoms in total. The van der Waals surface area contributed by atoms with Crippen molar-refractivity contribution in [1.29, 1.82) is 0 Å². The highest BCUT2D eigenvalue weighted by molar-refractivity contribution is 7.91. The molecule has 4 aromatic rings. The fourth-order valence-electron chi connectivity index (χ4n) is 13.2. The Labute approximate surface area is 621 Å². The summed E-state index contributed by atoms with van der Waals surface area (Å²) in [5.41, 5.74) is 1.66. The van der Waals surface area contributed by atoms with Crippen LogP contribution >= 0.6 is 57.5 Å². The molecule has 9 amide bonds. The zero-order valence-electron chi connectivity index (χ0n) is 58.1. The first-order valence-corrected chi connectivity index (χ1v) is 40.7. The van der Waals surface area contributed by atoms with Crippen molar-refractivity contribution >= 4 is 156 Å². The van der Waals surface area contributed by atoms with Crippen LogP contribution < -0.4 is 41.8 Å². The molecule has 103 heavy (non-hydrogen) atoms. The fraction of sp³-hybridized carbons (Fsp3) is 0.571. The van der Waals surface area contributed by atoms with Crippen LogP contribution in [0, 0.1) is 11.8 Å². The molecule has 0 radical (unpaired) electrons. The number of alkyl carbamates (subject to hydrolysis) is 2. The van der Waals surface area contributed by atoms with E-state index in [9.17, 15) is 64.8 Å². The van der Waals surface area contributed by atoms with Gasteiger partial charge in [0.25, 0.3) is 23.0 Å². The monoisotopic (exact) mass is 1560 g/mol. The van der Waals surface area contributed by atoms with Crippen molar-refractivity contribution < 1.29 is 74.3 Å². The second kappa shape index (κ2) is 32.0. The molecule has 0 spiro atoms. The summed E-state index contributed by atoms with van der Waals surface area (Å²) in [7, 11) is -7.71. The van der Waals surface area contributed by atoms with E-state index >= 15 is 0 Å². The van der Waals surface area contributed by atoms with Gasteiger partial charge in [-0.15, -0.1) is 22.7 Å². The van der Waals surface area contributed by atoms with Gasteiger partial charge in [0.2, 0.25) is 43.7 Å². The molecule has 33 heteroatoms. The Kier molecular flexibility index (Phi) is 24.5. The van der Waals surface area contributed by atoms with Gasteiger partial charge in [-0.25, -0.2) is 26.4 Å². The van der Waals surface area contributed by atoms with Crippen LogP contribution in [0.25, 0.3) is 20.2 Å². The third-order valence-corrected chi connectivity index (χ3v) is 26.3. The summed E-state index contributed by atoms with van der Waals surface area (Å²) < 4.78 is 67.5. The number of amides is 9. The Hall–Kier alpha value is -6.93. The summed E-state index contributed by atoms with van der Waals surface area (Å²) >= 11 is 20.5. The molecule has 9 N–H and O–H groups in total.